The second kappa shape index (κ2) is 13.5. The number of carbonyl (C=O) groups is 2. The molecule has 43 heavy (non-hydrogen) atoms. The summed E-state index contributed by atoms with van der Waals surface area (Å²) in [6.07, 6.45) is 27.0. The number of rotatable bonds is 6. The van der Waals surface area contributed by atoms with Gasteiger partial charge in [0.15, 0.2) is 23.5 Å². The topological polar surface area (TPSA) is 76.1 Å². The van der Waals surface area contributed by atoms with Gasteiger partial charge in [-0.25, -0.2) is 0 Å². The smallest absolute Gasteiger partial charge is 0.181 e. The Kier molecular flexibility index (Phi) is 10.3. The summed E-state index contributed by atoms with van der Waals surface area (Å²) in [5.74, 6) is 1.50. The van der Waals surface area contributed by atoms with Gasteiger partial charge in [-0.05, 0) is 107 Å². The fraction of sp³-hybridized carbons (Fsp3) is 0.838. The lowest BCUT2D eigenvalue weighted by Gasteiger charge is -2.53. The lowest BCUT2D eigenvalue weighted by Crippen LogP contribution is -2.60. The molecule has 240 valence electrons. The third-order valence-electron chi connectivity index (χ3n) is 12.8. The normalized spacial score (nSPS) is 43.9. The highest BCUT2D eigenvalue weighted by atomic mass is 16.7. The Bertz CT molecular complexity index is 1040. The van der Waals surface area contributed by atoms with Gasteiger partial charge >= 0.3 is 0 Å². The molecule has 6 rings (SSSR count). The SMILES string of the molecule is C#C.CC(=O)/C=C\[C@@]1(C)CCC[C@H]2C[C@@H]3C[C@H]4O[C@@H](C5CCCCCC5)O[C@@]4(C(=O)CN4CCCC4)C3(C)CCC(O)C21. The molecule has 1 N–H and O–H groups in total. The van der Waals surface area contributed by atoms with E-state index in [1.807, 2.05) is 0 Å². The summed E-state index contributed by atoms with van der Waals surface area (Å²) in [6.45, 7) is 8.63. The van der Waals surface area contributed by atoms with Gasteiger partial charge in [-0.2, -0.15) is 0 Å². The van der Waals surface area contributed by atoms with Crippen LogP contribution in [0.15, 0.2) is 12.2 Å². The Labute approximate surface area is 260 Å². The van der Waals surface area contributed by atoms with E-state index in [4.69, 9.17) is 9.47 Å². The molecule has 6 nitrogen and oxygen atoms in total. The summed E-state index contributed by atoms with van der Waals surface area (Å²) in [7, 11) is 0. The summed E-state index contributed by atoms with van der Waals surface area (Å²) in [6, 6.07) is 0. The molecule has 6 fully saturated rings. The van der Waals surface area contributed by atoms with Gasteiger partial charge in [0.25, 0.3) is 0 Å². The Morgan fingerprint density at radius 3 is 2.26 bits per heavy atom. The number of hydrogen-bond acceptors (Lipinski definition) is 6. The summed E-state index contributed by atoms with van der Waals surface area (Å²) in [4.78, 5) is 28.8. The van der Waals surface area contributed by atoms with Crippen LogP contribution in [0.2, 0.25) is 0 Å². The first-order valence-electron chi connectivity index (χ1n) is 17.5. The number of allylic oxidation sites excluding steroid dienone is 2. The van der Waals surface area contributed by atoms with Crippen molar-refractivity contribution in [2.45, 2.75) is 141 Å². The van der Waals surface area contributed by atoms with Gasteiger partial charge in [-0.3, -0.25) is 14.5 Å². The fourth-order valence-corrected chi connectivity index (χ4v) is 10.6. The molecule has 0 aromatic rings. The van der Waals surface area contributed by atoms with Gasteiger partial charge < -0.3 is 14.6 Å². The van der Waals surface area contributed by atoms with Gasteiger partial charge in [-0.15, -0.1) is 12.8 Å². The molecule has 2 aliphatic heterocycles. The zero-order valence-corrected chi connectivity index (χ0v) is 27.1. The van der Waals surface area contributed by atoms with E-state index in [0.717, 1.165) is 77.3 Å². The molecule has 6 heteroatoms. The van der Waals surface area contributed by atoms with Crippen LogP contribution in [0.25, 0.3) is 0 Å². The number of terminal acetylenes is 1. The van der Waals surface area contributed by atoms with E-state index in [0.29, 0.717) is 30.7 Å². The van der Waals surface area contributed by atoms with Crippen LogP contribution in [0.5, 0.6) is 0 Å². The molecule has 0 aromatic carbocycles. The second-order valence-electron chi connectivity index (χ2n) is 15.3. The molecule has 0 radical (unpaired) electrons. The summed E-state index contributed by atoms with van der Waals surface area (Å²) in [5, 5.41) is 11.8. The number of fused-ring (bicyclic) bond motifs is 4. The Morgan fingerprint density at radius 2 is 1.58 bits per heavy atom. The van der Waals surface area contributed by atoms with Crippen molar-refractivity contribution in [3.8, 4) is 12.8 Å². The monoisotopic (exact) mass is 595 g/mol. The van der Waals surface area contributed by atoms with Gasteiger partial charge in [0, 0.05) is 11.3 Å². The lowest BCUT2D eigenvalue weighted by atomic mass is 9.54. The van der Waals surface area contributed by atoms with Crippen molar-refractivity contribution in [1.29, 1.82) is 0 Å². The minimum atomic E-state index is -0.920. The van der Waals surface area contributed by atoms with E-state index in [1.54, 1.807) is 13.0 Å². The number of ketones is 2. The van der Waals surface area contributed by atoms with Gasteiger partial charge in [0.2, 0.25) is 0 Å². The number of Topliss-reactive ketones (excluding diaryl/α,β-unsaturated/α-hetero) is 1. The highest BCUT2D eigenvalue weighted by molar-refractivity contribution is 5.92. The highest BCUT2D eigenvalue weighted by Crippen LogP contribution is 2.65. The van der Waals surface area contributed by atoms with E-state index in [1.165, 1.54) is 25.7 Å². The first kappa shape index (κ1) is 32.9. The van der Waals surface area contributed by atoms with Gasteiger partial charge in [-0.1, -0.05) is 58.4 Å². The molecular weight excluding hydrogens is 538 g/mol. The predicted molar refractivity (Wildman–Crippen MR) is 169 cm³/mol. The Balaban J connectivity index is 0.00000180. The van der Waals surface area contributed by atoms with Crippen molar-refractivity contribution in [3.63, 3.8) is 0 Å². The number of ether oxygens (including phenoxy) is 2. The van der Waals surface area contributed by atoms with Crippen molar-refractivity contribution in [2.75, 3.05) is 19.6 Å². The first-order chi connectivity index (χ1) is 20.7. The molecule has 2 heterocycles. The maximum absolute atomic E-state index is 14.6. The molecule has 0 spiro atoms. The number of likely N-dealkylation sites (tertiary alicyclic amines) is 1. The predicted octanol–water partition coefficient (Wildman–Crippen LogP) is 6.49. The van der Waals surface area contributed by atoms with E-state index >= 15 is 0 Å². The molecule has 3 unspecified atom stereocenters. The molecule has 0 bridgehead atoms. The van der Waals surface area contributed by atoms with Crippen LogP contribution >= 0.6 is 0 Å². The maximum atomic E-state index is 14.6. The molecular formula is C37H57NO5. The number of nitrogens with zero attached hydrogens (tertiary/aromatic N) is 1. The zero-order valence-electron chi connectivity index (χ0n) is 27.1. The summed E-state index contributed by atoms with van der Waals surface area (Å²) >= 11 is 0. The molecule has 0 aromatic heterocycles. The molecule has 6 aliphatic rings. The third kappa shape index (κ3) is 6.06. The lowest BCUT2D eigenvalue weighted by molar-refractivity contribution is -0.187. The molecule has 4 saturated carbocycles. The number of aliphatic hydroxyl groups is 1. The highest BCUT2D eigenvalue weighted by Gasteiger charge is 2.72. The van der Waals surface area contributed by atoms with Crippen LogP contribution in [0.4, 0.5) is 0 Å². The first-order valence-corrected chi connectivity index (χ1v) is 17.5. The summed E-state index contributed by atoms with van der Waals surface area (Å²) in [5.41, 5.74) is -1.46. The number of aliphatic hydroxyl groups excluding tert-OH is 1. The van der Waals surface area contributed by atoms with Crippen molar-refractivity contribution in [1.82, 2.24) is 4.90 Å². The quantitative estimate of drug-likeness (QED) is 0.215. The van der Waals surface area contributed by atoms with E-state index < -0.39 is 11.7 Å². The average Bonchev–Trinajstić information content (AvgIpc) is 3.61. The maximum Gasteiger partial charge on any atom is 0.181 e. The summed E-state index contributed by atoms with van der Waals surface area (Å²) < 4.78 is 14.1. The fourth-order valence-electron chi connectivity index (χ4n) is 10.6. The van der Waals surface area contributed by atoms with Crippen molar-refractivity contribution in [2.24, 2.45) is 34.5 Å². The van der Waals surface area contributed by atoms with E-state index in [9.17, 15) is 14.7 Å². The standard InChI is InChI=1S/C35H55NO5.C2H2/c1-24(37)14-17-33(2)16-10-13-26-21-27-22-30-35(29(39)23-36-19-8-9-20-36,34(27,3)18-15-28(38)31(26)33)41-32(40-30)25-11-6-4-5-7-12-25;1-2/h14,17,25-28,30-32,38H,4-13,15-16,18-23H2,1-3H3;1-2H/b17-14-;/t26-,27+,28?,30+,31?,32+,33+,34?,35+;/m0./s1. The van der Waals surface area contributed by atoms with Crippen LogP contribution in [-0.2, 0) is 19.1 Å². The molecule has 9 atom stereocenters. The Hall–Kier alpha value is -1.52. The zero-order chi connectivity index (χ0) is 30.8. The largest absolute Gasteiger partial charge is 0.393 e. The van der Waals surface area contributed by atoms with E-state index in [-0.39, 0.29) is 40.7 Å². The van der Waals surface area contributed by atoms with Gasteiger partial charge in [0.05, 0.1) is 18.8 Å². The van der Waals surface area contributed by atoms with Crippen LogP contribution < -0.4 is 0 Å². The van der Waals surface area contributed by atoms with Crippen LogP contribution in [0, 0.1) is 47.3 Å². The minimum absolute atomic E-state index is 0.0702. The number of hydrogen-bond donors (Lipinski definition) is 1. The molecule has 2 saturated heterocycles. The van der Waals surface area contributed by atoms with Crippen molar-refractivity contribution in [3.05, 3.63) is 12.2 Å². The van der Waals surface area contributed by atoms with Crippen molar-refractivity contribution < 1.29 is 24.2 Å². The third-order valence-corrected chi connectivity index (χ3v) is 12.8. The average molecular weight is 596 g/mol. The molecule has 4 aliphatic carbocycles. The van der Waals surface area contributed by atoms with Crippen LogP contribution in [0.3, 0.4) is 0 Å². The van der Waals surface area contributed by atoms with Crippen LogP contribution in [0.1, 0.15) is 117 Å². The number of carbonyl (C=O) groups excluding carboxylic acids is 2. The van der Waals surface area contributed by atoms with Crippen molar-refractivity contribution >= 4 is 11.6 Å². The molecule has 0 amide bonds. The van der Waals surface area contributed by atoms with E-state index in [2.05, 4.69) is 37.7 Å². The van der Waals surface area contributed by atoms with Crippen LogP contribution in [-0.4, -0.2) is 65.3 Å². The van der Waals surface area contributed by atoms with Gasteiger partial charge in [0.1, 0.15) is 0 Å². The second-order valence-corrected chi connectivity index (χ2v) is 15.3. The minimum Gasteiger partial charge on any atom is -0.393 e. The Morgan fingerprint density at radius 1 is 0.907 bits per heavy atom.